The summed E-state index contributed by atoms with van der Waals surface area (Å²) in [6.07, 6.45) is 3.54. The smallest absolute Gasteiger partial charge is 0.182 e. The zero-order valence-corrected chi connectivity index (χ0v) is 54.1. The van der Waals surface area contributed by atoms with Crippen LogP contribution in [-0.2, 0) is 0 Å². The van der Waals surface area contributed by atoms with Gasteiger partial charge >= 0.3 is 0 Å². The highest BCUT2D eigenvalue weighted by Gasteiger charge is 2.19. The van der Waals surface area contributed by atoms with Crippen molar-refractivity contribution in [1.82, 2.24) is 54.8 Å². The number of benzene rings is 8. The number of hydrogen-bond donors (Lipinski definition) is 0. The Morgan fingerprint density at radius 2 is 0.708 bits per heavy atom. The van der Waals surface area contributed by atoms with Gasteiger partial charge in [-0.25, -0.2) is 34.9 Å². The molecule has 11 heteroatoms. The van der Waals surface area contributed by atoms with E-state index >= 15 is 0 Å². The molecule has 0 unspecified atom stereocenters. The van der Waals surface area contributed by atoms with Crippen molar-refractivity contribution in [3.05, 3.63) is 296 Å². The fraction of sp³-hybridized carbons (Fsp3) is 0.0941. The van der Waals surface area contributed by atoms with Gasteiger partial charge < -0.3 is 0 Å². The van der Waals surface area contributed by atoms with Crippen molar-refractivity contribution in [3.8, 4) is 113 Å². The van der Waals surface area contributed by atoms with E-state index in [9.17, 15) is 0 Å². The van der Waals surface area contributed by atoms with Gasteiger partial charge in [0.05, 0.1) is 50.5 Å². The van der Waals surface area contributed by atoms with Crippen LogP contribution in [0.15, 0.2) is 273 Å². The molecule has 0 atom stereocenters. The summed E-state index contributed by atoms with van der Waals surface area (Å²) in [6.45, 7) is 13.1. The van der Waals surface area contributed by atoms with Gasteiger partial charge in [-0.3, -0.25) is 19.9 Å². The summed E-state index contributed by atoms with van der Waals surface area (Å²) in [5.41, 5.74) is 23.9. The lowest BCUT2D eigenvalue weighted by Crippen LogP contribution is -2.00. The molecule has 16 rings (SSSR count). The largest absolute Gasteiger partial charge is 0.255 e. The van der Waals surface area contributed by atoms with Gasteiger partial charge in [0.1, 0.15) is 5.69 Å². The predicted octanol–water partition coefficient (Wildman–Crippen LogP) is 20.9. The van der Waals surface area contributed by atoms with Crippen LogP contribution in [0.3, 0.4) is 0 Å². The fourth-order valence-corrected chi connectivity index (χ4v) is 12.3. The monoisotopic (exact) mass is 1240 g/mol. The molecule has 0 saturated heterocycles. The minimum absolute atomic E-state index is 0.338. The van der Waals surface area contributed by atoms with Gasteiger partial charge in [-0.1, -0.05) is 228 Å². The van der Waals surface area contributed by atoms with E-state index in [1.165, 1.54) is 16.5 Å². The molecule has 8 aromatic carbocycles. The van der Waals surface area contributed by atoms with E-state index in [1.807, 2.05) is 110 Å². The van der Waals surface area contributed by atoms with Crippen LogP contribution in [0.2, 0.25) is 0 Å². The summed E-state index contributed by atoms with van der Waals surface area (Å²) in [7, 11) is 0. The standard InChI is InChI=1S/C44H36N6.C41H29N5/c1-27(2)36-26-39(28(3)4)47-41-35(36)23-21-32-22-24-37(46-40(32)41)31-17-13-29(14-18-31)30-15-19-34(20-16-30)43-48-42(33-10-6-5-7-11-33)49-44(50-43)38-12-8-9-25-45-38;1-26-23-27(2)43-40-34(26)20-18-30-19-21-35(44-39(30)40)29-16-14-28(15-17-29)32-11-8-12-33(24-32)37-25-38(36-13-6-7-22-42-36)46-41(45-37)31-9-4-3-5-10-31/h5-28H,1-4H3;3-25H,1-2H3. The zero-order valence-electron chi connectivity index (χ0n) is 54.1. The van der Waals surface area contributed by atoms with E-state index in [-0.39, 0.29) is 0 Å². The molecule has 0 spiro atoms. The quantitative estimate of drug-likeness (QED) is 0.108. The maximum atomic E-state index is 5.19. The zero-order chi connectivity index (χ0) is 65.2. The average molecular weight is 1240 g/mol. The Morgan fingerprint density at radius 3 is 1.27 bits per heavy atom. The Labute approximate surface area is 557 Å². The summed E-state index contributed by atoms with van der Waals surface area (Å²) in [5, 5.41) is 4.52. The van der Waals surface area contributed by atoms with Gasteiger partial charge in [0, 0.05) is 78.7 Å². The maximum absolute atomic E-state index is 5.19. The van der Waals surface area contributed by atoms with Gasteiger partial charge in [-0.15, -0.1) is 0 Å². The number of hydrogen-bond acceptors (Lipinski definition) is 11. The topological polar surface area (TPSA) is 142 Å². The first kappa shape index (κ1) is 60.1. The second-order valence-electron chi connectivity index (χ2n) is 24.7. The minimum atomic E-state index is 0.338. The molecule has 16 aromatic rings. The van der Waals surface area contributed by atoms with Crippen LogP contribution >= 0.6 is 0 Å². The molecule has 0 fully saturated rings. The van der Waals surface area contributed by atoms with Crippen molar-refractivity contribution in [2.75, 3.05) is 0 Å². The molecular formula is C85H65N11. The third-order valence-electron chi connectivity index (χ3n) is 17.5. The van der Waals surface area contributed by atoms with E-state index in [0.29, 0.717) is 40.8 Å². The summed E-state index contributed by atoms with van der Waals surface area (Å²) in [5.74, 6) is 3.17. The third kappa shape index (κ3) is 12.4. The lowest BCUT2D eigenvalue weighted by molar-refractivity contribution is 0.811. The van der Waals surface area contributed by atoms with Crippen LogP contribution in [0.25, 0.3) is 157 Å². The van der Waals surface area contributed by atoms with Gasteiger partial charge in [0.25, 0.3) is 0 Å². The first-order valence-electron chi connectivity index (χ1n) is 32.4. The Balaban J connectivity index is 0.000000158. The molecule has 0 radical (unpaired) electrons. The number of pyridine rings is 6. The van der Waals surface area contributed by atoms with Crippen molar-refractivity contribution in [1.29, 1.82) is 0 Å². The van der Waals surface area contributed by atoms with Crippen molar-refractivity contribution in [2.24, 2.45) is 0 Å². The van der Waals surface area contributed by atoms with E-state index in [4.69, 9.17) is 44.9 Å². The van der Waals surface area contributed by atoms with Crippen LogP contribution in [0.4, 0.5) is 0 Å². The van der Waals surface area contributed by atoms with Gasteiger partial charge in [0.15, 0.2) is 23.3 Å². The summed E-state index contributed by atoms with van der Waals surface area (Å²) in [6, 6.07) is 89.2. The Hall–Kier alpha value is -12.2. The summed E-state index contributed by atoms with van der Waals surface area (Å²) >= 11 is 0. The highest BCUT2D eigenvalue weighted by Crippen LogP contribution is 2.37. The summed E-state index contributed by atoms with van der Waals surface area (Å²) in [4.78, 5) is 53.6. The van der Waals surface area contributed by atoms with Crippen molar-refractivity contribution in [3.63, 3.8) is 0 Å². The minimum Gasteiger partial charge on any atom is -0.255 e. The van der Waals surface area contributed by atoms with Gasteiger partial charge in [0.2, 0.25) is 0 Å². The maximum Gasteiger partial charge on any atom is 0.182 e. The summed E-state index contributed by atoms with van der Waals surface area (Å²) < 4.78 is 0. The Bertz CT molecular complexity index is 5400. The fourth-order valence-electron chi connectivity index (χ4n) is 12.3. The highest BCUT2D eigenvalue weighted by molar-refractivity contribution is 6.06. The molecule has 0 amide bonds. The van der Waals surface area contributed by atoms with Crippen molar-refractivity contribution >= 4 is 43.6 Å². The normalized spacial score (nSPS) is 11.4. The molecule has 460 valence electrons. The molecule has 8 aromatic heterocycles. The number of aryl methyl sites for hydroxylation is 2. The molecule has 0 saturated carbocycles. The van der Waals surface area contributed by atoms with Crippen LogP contribution < -0.4 is 0 Å². The number of nitrogens with zero attached hydrogens (tertiary/aromatic N) is 11. The lowest BCUT2D eigenvalue weighted by atomic mass is 9.94. The molecule has 0 N–H and O–H groups in total. The number of aromatic nitrogens is 11. The molecule has 96 heavy (non-hydrogen) atoms. The second-order valence-corrected chi connectivity index (χ2v) is 24.7. The number of fused-ring (bicyclic) bond motifs is 6. The molecule has 8 heterocycles. The van der Waals surface area contributed by atoms with Crippen LogP contribution in [-0.4, -0.2) is 54.8 Å². The van der Waals surface area contributed by atoms with Crippen LogP contribution in [0.1, 0.15) is 62.0 Å². The van der Waals surface area contributed by atoms with Gasteiger partial charge in [-0.2, -0.15) is 0 Å². The van der Waals surface area contributed by atoms with Gasteiger partial charge in [-0.05, 0) is 120 Å². The van der Waals surface area contributed by atoms with E-state index in [1.54, 1.807) is 12.4 Å². The molecule has 0 bridgehead atoms. The molecule has 0 aliphatic carbocycles. The molecule has 11 nitrogen and oxygen atoms in total. The lowest BCUT2D eigenvalue weighted by Gasteiger charge is -2.15. The first-order chi connectivity index (χ1) is 47.0. The SMILES string of the molecule is CC(C)c1cc(C(C)C)c2ccc3ccc(-c4ccc(-c5ccc(-c6nc(-c7ccccc7)nc(-c7ccccn7)n6)cc5)cc4)nc3c2n1.Cc1cc(C)c2ccc3ccc(-c4ccc(-c5cccc(-c6cc(-c7ccccn7)nc(-c7ccccc7)n6)c5)cc4)nc3c2n1. The predicted molar refractivity (Wildman–Crippen MR) is 391 cm³/mol. The highest BCUT2D eigenvalue weighted by atomic mass is 15.0. The third-order valence-corrected chi connectivity index (χ3v) is 17.5. The first-order valence-corrected chi connectivity index (χ1v) is 32.4. The Morgan fingerprint density at radius 1 is 0.250 bits per heavy atom. The average Bonchev–Trinajstić information content (AvgIpc) is 0.774. The molecule has 0 aliphatic rings. The van der Waals surface area contributed by atoms with Crippen molar-refractivity contribution < 1.29 is 0 Å². The molecular weight excluding hydrogens is 1180 g/mol. The Kier molecular flexibility index (Phi) is 16.3. The van der Waals surface area contributed by atoms with Crippen LogP contribution in [0.5, 0.6) is 0 Å². The molecule has 0 aliphatic heterocycles. The van der Waals surface area contributed by atoms with E-state index in [0.717, 1.165) is 134 Å². The van der Waals surface area contributed by atoms with Crippen LogP contribution in [0, 0.1) is 13.8 Å². The second kappa shape index (κ2) is 26.1. The van der Waals surface area contributed by atoms with Crippen molar-refractivity contribution in [2.45, 2.75) is 53.4 Å². The number of rotatable bonds is 12. The van der Waals surface area contributed by atoms with E-state index < -0.39 is 0 Å². The van der Waals surface area contributed by atoms with E-state index in [2.05, 4.69) is 202 Å².